The first-order valence-electron chi connectivity index (χ1n) is 6.05. The molecule has 0 saturated heterocycles. The van der Waals surface area contributed by atoms with E-state index < -0.39 is 24.0 Å². The molecule has 0 bridgehead atoms. The number of aliphatic imine (C=N–C) groups is 1. The van der Waals surface area contributed by atoms with E-state index in [1.807, 2.05) is 6.07 Å². The normalized spacial score (nSPS) is 22.4. The average Bonchev–Trinajstić information content (AvgIpc) is 2.39. The summed E-state index contributed by atoms with van der Waals surface area (Å²) in [5.74, 6) is -1.00. The van der Waals surface area contributed by atoms with E-state index in [0.717, 1.165) is 5.56 Å². The quantitative estimate of drug-likeness (QED) is 0.836. The molecule has 100 valence electrons. The van der Waals surface area contributed by atoms with Gasteiger partial charge in [-0.1, -0.05) is 6.07 Å². The van der Waals surface area contributed by atoms with Crippen molar-refractivity contribution in [2.75, 3.05) is 6.61 Å². The molecule has 1 aliphatic heterocycles. The van der Waals surface area contributed by atoms with Crippen molar-refractivity contribution < 1.29 is 14.3 Å². The second-order valence-corrected chi connectivity index (χ2v) is 4.20. The molecule has 0 saturated carbocycles. The Morgan fingerprint density at radius 3 is 2.95 bits per heavy atom. The van der Waals surface area contributed by atoms with E-state index in [1.165, 1.54) is 0 Å². The summed E-state index contributed by atoms with van der Waals surface area (Å²) in [5, 5.41) is 2.69. The predicted octanol–water partition coefficient (Wildman–Crippen LogP) is 1.49. The van der Waals surface area contributed by atoms with Crippen LogP contribution in [0.2, 0.25) is 0 Å². The van der Waals surface area contributed by atoms with E-state index in [1.54, 1.807) is 32.3 Å². The third kappa shape index (κ3) is 2.78. The SMILES string of the molecule is CCOC(=O)C1C(C)=NC(=O)NC1c1cccnc1. The van der Waals surface area contributed by atoms with E-state index in [2.05, 4.69) is 15.3 Å². The number of pyridine rings is 1. The Bertz CT molecular complexity index is 513. The van der Waals surface area contributed by atoms with Gasteiger partial charge in [-0.2, -0.15) is 0 Å². The molecule has 6 nitrogen and oxygen atoms in total. The minimum absolute atomic E-state index is 0.288. The molecular formula is C13H15N3O3. The Labute approximate surface area is 110 Å². The van der Waals surface area contributed by atoms with Crippen molar-refractivity contribution in [2.24, 2.45) is 10.9 Å². The maximum atomic E-state index is 12.0. The monoisotopic (exact) mass is 261 g/mol. The van der Waals surface area contributed by atoms with Gasteiger partial charge in [0.15, 0.2) is 0 Å². The molecule has 2 heterocycles. The van der Waals surface area contributed by atoms with Crippen LogP contribution in [0.25, 0.3) is 0 Å². The zero-order chi connectivity index (χ0) is 13.8. The van der Waals surface area contributed by atoms with Crippen LogP contribution in [-0.2, 0) is 9.53 Å². The van der Waals surface area contributed by atoms with E-state index in [-0.39, 0.29) is 6.61 Å². The lowest BCUT2D eigenvalue weighted by atomic mass is 9.89. The number of hydrogen-bond donors (Lipinski definition) is 1. The highest BCUT2D eigenvalue weighted by Crippen LogP contribution is 2.27. The third-order valence-electron chi connectivity index (χ3n) is 2.92. The highest BCUT2D eigenvalue weighted by molar-refractivity contribution is 6.08. The number of nitrogens with zero attached hydrogens (tertiary/aromatic N) is 2. The lowest BCUT2D eigenvalue weighted by Gasteiger charge is -2.29. The molecular weight excluding hydrogens is 246 g/mol. The molecule has 2 amide bonds. The van der Waals surface area contributed by atoms with Gasteiger partial charge in [-0.25, -0.2) is 9.79 Å². The Morgan fingerprint density at radius 1 is 1.53 bits per heavy atom. The van der Waals surface area contributed by atoms with Gasteiger partial charge in [0.2, 0.25) is 0 Å². The number of amides is 2. The summed E-state index contributed by atoms with van der Waals surface area (Å²) >= 11 is 0. The number of hydrogen-bond acceptors (Lipinski definition) is 4. The molecule has 6 heteroatoms. The molecule has 0 radical (unpaired) electrons. The summed E-state index contributed by atoms with van der Waals surface area (Å²) < 4.78 is 5.05. The summed E-state index contributed by atoms with van der Waals surface area (Å²) in [6.07, 6.45) is 3.25. The Balaban J connectivity index is 2.36. The molecule has 2 atom stereocenters. The number of rotatable bonds is 3. The van der Waals surface area contributed by atoms with Gasteiger partial charge in [0.05, 0.1) is 12.6 Å². The largest absolute Gasteiger partial charge is 0.465 e. The third-order valence-corrected chi connectivity index (χ3v) is 2.92. The number of ether oxygens (including phenoxy) is 1. The second kappa shape index (κ2) is 5.60. The first-order valence-corrected chi connectivity index (χ1v) is 6.05. The minimum atomic E-state index is -0.609. The Hall–Kier alpha value is -2.24. The van der Waals surface area contributed by atoms with Crippen LogP contribution in [0.15, 0.2) is 29.5 Å². The van der Waals surface area contributed by atoms with Crippen LogP contribution in [0.1, 0.15) is 25.5 Å². The van der Waals surface area contributed by atoms with Crippen LogP contribution in [0.3, 0.4) is 0 Å². The summed E-state index contributed by atoms with van der Waals surface area (Å²) in [6.45, 7) is 3.69. The molecule has 0 spiro atoms. The molecule has 2 rings (SSSR count). The van der Waals surface area contributed by atoms with Crippen LogP contribution in [-0.4, -0.2) is 29.3 Å². The van der Waals surface area contributed by atoms with E-state index in [0.29, 0.717) is 5.71 Å². The molecule has 1 N–H and O–H groups in total. The molecule has 2 unspecified atom stereocenters. The molecule has 0 aromatic carbocycles. The Kier molecular flexibility index (Phi) is 3.89. The number of aromatic nitrogens is 1. The van der Waals surface area contributed by atoms with Crippen molar-refractivity contribution in [3.63, 3.8) is 0 Å². The van der Waals surface area contributed by atoms with Gasteiger partial charge in [-0.05, 0) is 25.5 Å². The first-order chi connectivity index (χ1) is 9.13. The second-order valence-electron chi connectivity index (χ2n) is 4.20. The lowest BCUT2D eigenvalue weighted by Crippen LogP contribution is -2.44. The highest BCUT2D eigenvalue weighted by Gasteiger charge is 2.37. The maximum Gasteiger partial charge on any atom is 0.341 e. The van der Waals surface area contributed by atoms with E-state index in [9.17, 15) is 9.59 Å². The maximum absolute atomic E-state index is 12.0. The van der Waals surface area contributed by atoms with Crippen LogP contribution < -0.4 is 5.32 Å². The molecule has 1 aromatic heterocycles. The van der Waals surface area contributed by atoms with Crippen LogP contribution in [0.5, 0.6) is 0 Å². The van der Waals surface area contributed by atoms with Gasteiger partial charge in [0.25, 0.3) is 0 Å². The van der Waals surface area contributed by atoms with Crippen molar-refractivity contribution in [3.8, 4) is 0 Å². The number of urea groups is 1. The van der Waals surface area contributed by atoms with Gasteiger partial charge >= 0.3 is 12.0 Å². The molecule has 0 fully saturated rings. The van der Waals surface area contributed by atoms with Crippen molar-refractivity contribution in [2.45, 2.75) is 19.9 Å². The summed E-state index contributed by atoms with van der Waals surface area (Å²) in [6, 6.07) is 2.62. The van der Waals surface area contributed by atoms with Crippen molar-refractivity contribution in [1.29, 1.82) is 0 Å². The molecule has 19 heavy (non-hydrogen) atoms. The fourth-order valence-corrected chi connectivity index (χ4v) is 2.09. The van der Waals surface area contributed by atoms with E-state index in [4.69, 9.17) is 4.74 Å². The fourth-order valence-electron chi connectivity index (χ4n) is 2.09. The number of carbonyl (C=O) groups is 2. The van der Waals surface area contributed by atoms with Crippen molar-refractivity contribution >= 4 is 17.7 Å². The minimum Gasteiger partial charge on any atom is -0.465 e. The van der Waals surface area contributed by atoms with E-state index >= 15 is 0 Å². The lowest BCUT2D eigenvalue weighted by molar-refractivity contribution is -0.146. The summed E-state index contributed by atoms with van der Waals surface area (Å²) in [4.78, 5) is 31.3. The standard InChI is InChI=1S/C13H15N3O3/c1-3-19-12(17)10-8(2)15-13(18)16-11(10)9-5-4-6-14-7-9/h4-7,10-11H,3H2,1-2H3,(H,16,18). The average molecular weight is 261 g/mol. The molecule has 1 aromatic rings. The van der Waals surface area contributed by atoms with Crippen molar-refractivity contribution in [1.82, 2.24) is 10.3 Å². The van der Waals surface area contributed by atoms with Gasteiger partial charge < -0.3 is 10.1 Å². The smallest absolute Gasteiger partial charge is 0.341 e. The topological polar surface area (TPSA) is 80.6 Å². The van der Waals surface area contributed by atoms with Crippen LogP contribution >= 0.6 is 0 Å². The summed E-state index contributed by atoms with van der Waals surface area (Å²) in [7, 11) is 0. The highest BCUT2D eigenvalue weighted by atomic mass is 16.5. The van der Waals surface area contributed by atoms with Gasteiger partial charge in [-0.15, -0.1) is 0 Å². The van der Waals surface area contributed by atoms with Crippen LogP contribution in [0.4, 0.5) is 4.79 Å². The van der Waals surface area contributed by atoms with Crippen LogP contribution in [0, 0.1) is 5.92 Å². The Morgan fingerprint density at radius 2 is 2.32 bits per heavy atom. The van der Waals surface area contributed by atoms with Gasteiger partial charge in [0, 0.05) is 18.1 Å². The number of carbonyl (C=O) groups excluding carboxylic acids is 2. The first kappa shape index (κ1) is 13.2. The van der Waals surface area contributed by atoms with Gasteiger partial charge in [-0.3, -0.25) is 9.78 Å². The zero-order valence-electron chi connectivity index (χ0n) is 10.8. The summed E-state index contributed by atoms with van der Waals surface area (Å²) in [5.41, 5.74) is 1.21. The predicted molar refractivity (Wildman–Crippen MR) is 68.7 cm³/mol. The zero-order valence-corrected chi connectivity index (χ0v) is 10.8. The molecule has 0 aliphatic carbocycles. The van der Waals surface area contributed by atoms with Crippen molar-refractivity contribution in [3.05, 3.63) is 30.1 Å². The number of nitrogens with one attached hydrogen (secondary N) is 1. The van der Waals surface area contributed by atoms with Gasteiger partial charge in [0.1, 0.15) is 5.92 Å². The molecule has 1 aliphatic rings. The fraction of sp³-hybridized carbons (Fsp3) is 0.385. The number of esters is 1.